The molecule has 0 bridgehead atoms. The van der Waals surface area contributed by atoms with Gasteiger partial charge < -0.3 is 0 Å². The van der Waals surface area contributed by atoms with Crippen LogP contribution in [0.4, 0.5) is 0 Å². The molecule has 0 amide bonds. The van der Waals surface area contributed by atoms with Crippen LogP contribution in [0, 0.1) is 5.16 Å². The first-order valence-electron chi connectivity index (χ1n) is 2.36. The van der Waals surface area contributed by atoms with Gasteiger partial charge in [0.1, 0.15) is 0 Å². The zero-order valence-corrected chi connectivity index (χ0v) is 5.23. The van der Waals surface area contributed by atoms with Crippen LogP contribution in [-0.2, 0) is 0 Å². The highest BCUT2D eigenvalue weighted by molar-refractivity contribution is 7.35. The van der Waals surface area contributed by atoms with E-state index >= 15 is 0 Å². The number of hydrogen-bond donors (Lipinski definition) is 1. The van der Waals surface area contributed by atoms with E-state index in [9.17, 15) is 0 Å². The smallest absolute Gasteiger partial charge is 0.0352 e. The molecule has 1 N–H and O–H groups in total. The summed E-state index contributed by atoms with van der Waals surface area (Å²) in [6.07, 6.45) is 0. The summed E-state index contributed by atoms with van der Waals surface area (Å²) in [5, 5.41) is 7.96. The molecule has 0 aromatic heterocycles. The van der Waals surface area contributed by atoms with E-state index < -0.39 is 0 Å². The highest BCUT2D eigenvalue weighted by Gasteiger charge is 1.78. The van der Waals surface area contributed by atoms with Crippen molar-refractivity contribution in [1.82, 2.24) is 0 Å². The van der Waals surface area contributed by atoms with Crippen LogP contribution >= 0.6 is 8.37 Å². The van der Waals surface area contributed by atoms with Crippen molar-refractivity contribution in [2.24, 2.45) is 0 Å². The lowest BCUT2D eigenvalue weighted by Crippen LogP contribution is -1.84. The quantitative estimate of drug-likeness (QED) is 0.552. The van der Waals surface area contributed by atoms with Crippen molar-refractivity contribution in [3.63, 3.8) is 0 Å². The molecule has 0 aliphatic heterocycles. The Balaban J connectivity index is 2.99. The summed E-state index contributed by atoms with van der Waals surface area (Å²) in [5.74, 6) is 0. The van der Waals surface area contributed by atoms with Gasteiger partial charge in [-0.2, -0.15) is 0 Å². The van der Waals surface area contributed by atoms with Gasteiger partial charge in [-0.25, -0.2) is 0 Å². The van der Waals surface area contributed by atoms with Gasteiger partial charge in [-0.05, 0) is 12.1 Å². The van der Waals surface area contributed by atoms with Crippen molar-refractivity contribution in [1.29, 1.82) is 5.16 Å². The molecule has 0 fully saturated rings. The van der Waals surface area contributed by atoms with E-state index in [1.807, 2.05) is 30.3 Å². The number of hydrogen-bond acceptors (Lipinski definition) is 1. The molecular formula is C6H6NP. The van der Waals surface area contributed by atoms with E-state index in [-0.39, 0.29) is 0 Å². The summed E-state index contributed by atoms with van der Waals surface area (Å²) < 4.78 is 0. The molecule has 0 saturated carbocycles. The van der Waals surface area contributed by atoms with Gasteiger partial charge in [0.05, 0.1) is 0 Å². The van der Waals surface area contributed by atoms with Crippen molar-refractivity contribution >= 4 is 13.7 Å². The summed E-state index contributed by atoms with van der Waals surface area (Å²) in [6.45, 7) is 0. The number of nitrogens with one attached hydrogen (secondary N) is 1. The van der Waals surface area contributed by atoms with E-state index in [0.29, 0.717) is 8.37 Å². The minimum absolute atomic E-state index is 0.599. The SMILES string of the molecule is N=Pc1ccccc1. The Labute approximate surface area is 50.0 Å². The molecule has 0 saturated heterocycles. The van der Waals surface area contributed by atoms with Gasteiger partial charge in [0.15, 0.2) is 0 Å². The Morgan fingerprint density at radius 3 is 2.12 bits per heavy atom. The predicted molar refractivity (Wildman–Crippen MR) is 35.7 cm³/mol. The number of benzene rings is 1. The predicted octanol–water partition coefficient (Wildman–Crippen LogP) is 2.02. The van der Waals surface area contributed by atoms with Gasteiger partial charge in [0.2, 0.25) is 0 Å². The molecule has 40 valence electrons. The van der Waals surface area contributed by atoms with Crippen molar-refractivity contribution < 1.29 is 0 Å². The molecule has 1 aromatic carbocycles. The normalized spacial score (nSPS) is 9.50. The van der Waals surface area contributed by atoms with Crippen LogP contribution in [-0.4, -0.2) is 0 Å². The van der Waals surface area contributed by atoms with Crippen LogP contribution < -0.4 is 5.30 Å². The van der Waals surface area contributed by atoms with Gasteiger partial charge in [0.25, 0.3) is 0 Å². The summed E-state index contributed by atoms with van der Waals surface area (Å²) >= 11 is 0. The fourth-order valence-corrected chi connectivity index (χ4v) is 0.824. The first kappa shape index (κ1) is 5.46. The summed E-state index contributed by atoms with van der Waals surface area (Å²) in [6, 6.07) is 9.71. The third-order valence-electron chi connectivity index (χ3n) is 0.885. The fraction of sp³-hybridized carbons (Fsp3) is 0. The molecular weight excluding hydrogens is 117 g/mol. The van der Waals surface area contributed by atoms with E-state index in [1.165, 1.54) is 0 Å². The maximum atomic E-state index is 6.92. The Morgan fingerprint density at radius 2 is 1.75 bits per heavy atom. The molecule has 0 spiro atoms. The second-order valence-corrected chi connectivity index (χ2v) is 2.19. The first-order valence-corrected chi connectivity index (χ1v) is 3.25. The minimum atomic E-state index is 0.599. The van der Waals surface area contributed by atoms with Crippen molar-refractivity contribution in [2.45, 2.75) is 0 Å². The average molecular weight is 123 g/mol. The Hall–Kier alpha value is -0.680. The highest BCUT2D eigenvalue weighted by atomic mass is 31.1. The Bertz CT molecular complexity index is 171. The topological polar surface area (TPSA) is 23.9 Å². The molecule has 8 heavy (non-hydrogen) atoms. The largest absolute Gasteiger partial charge is 0.279 e. The van der Waals surface area contributed by atoms with Crippen molar-refractivity contribution in [3.8, 4) is 0 Å². The van der Waals surface area contributed by atoms with Gasteiger partial charge in [-0.15, -0.1) is 0 Å². The Kier molecular flexibility index (Phi) is 1.76. The molecule has 0 unspecified atom stereocenters. The summed E-state index contributed by atoms with van der Waals surface area (Å²) in [4.78, 5) is 0. The van der Waals surface area contributed by atoms with E-state index in [0.717, 1.165) is 5.30 Å². The van der Waals surface area contributed by atoms with E-state index in [1.54, 1.807) is 0 Å². The van der Waals surface area contributed by atoms with Crippen LogP contribution in [0.25, 0.3) is 0 Å². The minimum Gasteiger partial charge on any atom is -0.279 e. The Morgan fingerprint density at radius 1 is 1.12 bits per heavy atom. The monoisotopic (exact) mass is 123 g/mol. The second kappa shape index (κ2) is 2.58. The molecule has 1 rings (SSSR count). The van der Waals surface area contributed by atoms with Gasteiger partial charge in [-0.1, -0.05) is 18.2 Å². The molecule has 1 aromatic rings. The maximum Gasteiger partial charge on any atom is 0.0352 e. The second-order valence-electron chi connectivity index (χ2n) is 1.45. The molecule has 0 atom stereocenters. The van der Waals surface area contributed by atoms with Crippen LogP contribution in [0.3, 0.4) is 0 Å². The fourth-order valence-electron chi connectivity index (χ4n) is 0.503. The molecule has 1 nitrogen and oxygen atoms in total. The lowest BCUT2D eigenvalue weighted by molar-refractivity contribution is 1.64. The van der Waals surface area contributed by atoms with Gasteiger partial charge in [-0.3, -0.25) is 5.16 Å². The average Bonchev–Trinajstić information content (AvgIpc) is 1.90. The van der Waals surface area contributed by atoms with Crippen LogP contribution in [0.5, 0.6) is 0 Å². The van der Waals surface area contributed by atoms with E-state index in [4.69, 9.17) is 5.16 Å². The first-order chi connectivity index (χ1) is 3.93. The molecule has 0 aliphatic rings. The van der Waals surface area contributed by atoms with Crippen molar-refractivity contribution in [2.75, 3.05) is 0 Å². The summed E-state index contributed by atoms with van der Waals surface area (Å²) in [5.41, 5.74) is 0. The van der Waals surface area contributed by atoms with Gasteiger partial charge in [0, 0.05) is 13.7 Å². The molecule has 0 aliphatic carbocycles. The van der Waals surface area contributed by atoms with Crippen LogP contribution in [0.15, 0.2) is 30.3 Å². The maximum absolute atomic E-state index is 6.92. The van der Waals surface area contributed by atoms with E-state index in [2.05, 4.69) is 0 Å². The lowest BCUT2D eigenvalue weighted by atomic mass is 10.4. The lowest BCUT2D eigenvalue weighted by Gasteiger charge is -1.82. The molecule has 0 heterocycles. The van der Waals surface area contributed by atoms with Crippen molar-refractivity contribution in [3.05, 3.63) is 30.3 Å². The zero-order chi connectivity index (χ0) is 5.82. The standard InChI is InChI=1S/C6H6NP/c7-8-6-4-2-1-3-5-6/h1-5,7H. The van der Waals surface area contributed by atoms with Crippen LogP contribution in [0.1, 0.15) is 0 Å². The number of rotatable bonds is 1. The highest BCUT2D eigenvalue weighted by Crippen LogP contribution is 1.93. The molecule has 0 radical (unpaired) electrons. The zero-order valence-electron chi connectivity index (χ0n) is 4.33. The third-order valence-corrected chi connectivity index (χ3v) is 1.44. The third kappa shape index (κ3) is 1.14. The molecule has 2 heteroatoms. The van der Waals surface area contributed by atoms with Crippen LogP contribution in [0.2, 0.25) is 0 Å². The summed E-state index contributed by atoms with van der Waals surface area (Å²) in [7, 11) is 0.599. The van der Waals surface area contributed by atoms with Gasteiger partial charge >= 0.3 is 0 Å².